The summed E-state index contributed by atoms with van der Waals surface area (Å²) in [6, 6.07) is 12.4. The molecule has 0 fully saturated rings. The number of carbonyl (C=O) groups is 2. The first-order valence-electron chi connectivity index (χ1n) is 7.41. The average Bonchev–Trinajstić information content (AvgIpc) is 2.59. The molecule has 0 atom stereocenters. The molecule has 4 nitrogen and oxygen atoms in total. The van der Waals surface area contributed by atoms with Crippen LogP contribution in [0.2, 0.25) is 0 Å². The van der Waals surface area contributed by atoms with Crippen molar-refractivity contribution >= 4 is 11.6 Å². The number of rotatable bonds is 7. The van der Waals surface area contributed by atoms with Crippen LogP contribution < -0.4 is 9.47 Å². The number of methoxy groups -OCH3 is 2. The Morgan fingerprint density at radius 2 is 1.43 bits per heavy atom. The predicted molar refractivity (Wildman–Crippen MR) is 88.6 cm³/mol. The highest BCUT2D eigenvalue weighted by Crippen LogP contribution is 2.31. The fourth-order valence-electron chi connectivity index (χ4n) is 2.41. The van der Waals surface area contributed by atoms with E-state index >= 15 is 0 Å². The van der Waals surface area contributed by atoms with Crippen LogP contribution in [0.4, 0.5) is 0 Å². The second-order valence-electron chi connectivity index (χ2n) is 5.23. The Hall–Kier alpha value is -2.62. The molecule has 0 bridgehead atoms. The molecule has 2 rings (SSSR count). The molecular formula is C19H20O4. The highest BCUT2D eigenvalue weighted by molar-refractivity contribution is 6.03. The molecule has 2 aromatic carbocycles. The molecule has 0 spiro atoms. The molecule has 0 radical (unpaired) electrons. The van der Waals surface area contributed by atoms with Gasteiger partial charge >= 0.3 is 0 Å². The summed E-state index contributed by atoms with van der Waals surface area (Å²) in [5.74, 6) is 0.988. The standard InChI is InChI=1S/C19H20O4/c1-13-11-18(22-2)19(23-3)12-15(13)17(21)10-9-16(20)14-7-5-4-6-8-14/h4-8,11-12H,9-10H2,1-3H3. The first-order chi connectivity index (χ1) is 11.1. The lowest BCUT2D eigenvalue weighted by Crippen LogP contribution is -2.07. The number of ether oxygens (including phenoxy) is 2. The zero-order chi connectivity index (χ0) is 16.8. The van der Waals surface area contributed by atoms with Gasteiger partial charge in [-0.1, -0.05) is 30.3 Å². The number of aryl methyl sites for hydroxylation is 1. The number of carbonyl (C=O) groups excluding carboxylic acids is 2. The van der Waals surface area contributed by atoms with Gasteiger partial charge in [0.05, 0.1) is 14.2 Å². The van der Waals surface area contributed by atoms with E-state index in [2.05, 4.69) is 0 Å². The zero-order valence-corrected chi connectivity index (χ0v) is 13.6. The maximum absolute atomic E-state index is 12.4. The van der Waals surface area contributed by atoms with E-state index in [-0.39, 0.29) is 24.4 Å². The molecule has 0 aliphatic heterocycles. The van der Waals surface area contributed by atoms with Crippen molar-refractivity contribution in [1.82, 2.24) is 0 Å². The Morgan fingerprint density at radius 3 is 2.04 bits per heavy atom. The van der Waals surface area contributed by atoms with Crippen molar-refractivity contribution in [1.29, 1.82) is 0 Å². The first kappa shape index (κ1) is 16.7. The molecule has 120 valence electrons. The van der Waals surface area contributed by atoms with Gasteiger partial charge in [0, 0.05) is 24.0 Å². The van der Waals surface area contributed by atoms with Crippen LogP contribution in [0, 0.1) is 6.92 Å². The van der Waals surface area contributed by atoms with Crippen LogP contribution >= 0.6 is 0 Å². The van der Waals surface area contributed by atoms with Crippen LogP contribution in [0.5, 0.6) is 11.5 Å². The van der Waals surface area contributed by atoms with Crippen LogP contribution in [0.25, 0.3) is 0 Å². The predicted octanol–water partition coefficient (Wildman–Crippen LogP) is 3.86. The number of benzene rings is 2. The summed E-state index contributed by atoms with van der Waals surface area (Å²) in [6.07, 6.45) is 0.362. The third-order valence-corrected chi connectivity index (χ3v) is 3.71. The van der Waals surface area contributed by atoms with E-state index in [9.17, 15) is 9.59 Å². The van der Waals surface area contributed by atoms with Crippen LogP contribution in [0.1, 0.15) is 39.1 Å². The third kappa shape index (κ3) is 3.97. The summed E-state index contributed by atoms with van der Waals surface area (Å²) in [6.45, 7) is 1.84. The summed E-state index contributed by atoms with van der Waals surface area (Å²) in [5.41, 5.74) is 1.99. The molecular weight excluding hydrogens is 292 g/mol. The molecule has 0 heterocycles. The minimum absolute atomic E-state index is 0.0305. The number of Topliss-reactive ketones (excluding diaryl/α,β-unsaturated/α-hetero) is 2. The van der Waals surface area contributed by atoms with E-state index in [0.717, 1.165) is 5.56 Å². The monoisotopic (exact) mass is 312 g/mol. The average molecular weight is 312 g/mol. The second-order valence-corrected chi connectivity index (χ2v) is 5.23. The Labute approximate surface area is 136 Å². The summed E-state index contributed by atoms with van der Waals surface area (Å²) in [4.78, 5) is 24.5. The lowest BCUT2D eigenvalue weighted by atomic mass is 9.98. The quantitative estimate of drug-likeness (QED) is 0.729. The van der Waals surface area contributed by atoms with E-state index in [1.54, 1.807) is 31.4 Å². The van der Waals surface area contributed by atoms with Crippen molar-refractivity contribution in [3.05, 3.63) is 59.2 Å². The van der Waals surface area contributed by atoms with Gasteiger partial charge < -0.3 is 9.47 Å². The Bertz CT molecular complexity index is 705. The second kappa shape index (κ2) is 7.58. The maximum atomic E-state index is 12.4. The zero-order valence-electron chi connectivity index (χ0n) is 13.6. The fourth-order valence-corrected chi connectivity index (χ4v) is 2.41. The lowest BCUT2D eigenvalue weighted by Gasteiger charge is -2.12. The molecule has 2 aromatic rings. The highest BCUT2D eigenvalue weighted by Gasteiger charge is 2.16. The minimum atomic E-state index is -0.0762. The normalized spacial score (nSPS) is 10.2. The Kier molecular flexibility index (Phi) is 5.52. The van der Waals surface area contributed by atoms with Crippen LogP contribution in [0.3, 0.4) is 0 Å². The van der Waals surface area contributed by atoms with Crippen molar-refractivity contribution in [2.24, 2.45) is 0 Å². The van der Waals surface area contributed by atoms with Crippen LogP contribution in [0.15, 0.2) is 42.5 Å². The molecule has 0 N–H and O–H groups in total. The van der Waals surface area contributed by atoms with Gasteiger partial charge in [0.2, 0.25) is 0 Å². The molecule has 4 heteroatoms. The fraction of sp³-hybridized carbons (Fsp3) is 0.263. The van der Waals surface area contributed by atoms with Gasteiger partial charge in [0.1, 0.15) is 0 Å². The summed E-state index contributed by atoms with van der Waals surface area (Å²) >= 11 is 0. The summed E-state index contributed by atoms with van der Waals surface area (Å²) in [7, 11) is 3.08. The van der Waals surface area contributed by atoms with E-state index in [4.69, 9.17) is 9.47 Å². The van der Waals surface area contributed by atoms with Crippen molar-refractivity contribution in [3.8, 4) is 11.5 Å². The molecule has 0 unspecified atom stereocenters. The molecule has 0 saturated heterocycles. The van der Waals surface area contributed by atoms with Crippen molar-refractivity contribution in [2.45, 2.75) is 19.8 Å². The molecule has 0 aromatic heterocycles. The first-order valence-corrected chi connectivity index (χ1v) is 7.41. The molecule has 23 heavy (non-hydrogen) atoms. The third-order valence-electron chi connectivity index (χ3n) is 3.71. The molecule has 0 amide bonds. The van der Waals surface area contributed by atoms with Crippen LogP contribution in [-0.2, 0) is 0 Å². The summed E-state index contributed by atoms with van der Waals surface area (Å²) in [5, 5.41) is 0. The molecule has 0 aliphatic rings. The van der Waals surface area contributed by atoms with Crippen molar-refractivity contribution in [3.63, 3.8) is 0 Å². The number of hydrogen-bond acceptors (Lipinski definition) is 4. The van der Waals surface area contributed by atoms with Gasteiger partial charge in [-0.2, -0.15) is 0 Å². The van der Waals surface area contributed by atoms with E-state index in [0.29, 0.717) is 22.6 Å². The van der Waals surface area contributed by atoms with Gasteiger partial charge in [-0.05, 0) is 24.6 Å². The van der Waals surface area contributed by atoms with Crippen molar-refractivity contribution in [2.75, 3.05) is 14.2 Å². The van der Waals surface area contributed by atoms with Crippen molar-refractivity contribution < 1.29 is 19.1 Å². The van der Waals surface area contributed by atoms with E-state index < -0.39 is 0 Å². The van der Waals surface area contributed by atoms with Gasteiger partial charge in [0.25, 0.3) is 0 Å². The largest absolute Gasteiger partial charge is 0.493 e. The molecule has 0 aliphatic carbocycles. The highest BCUT2D eigenvalue weighted by atomic mass is 16.5. The van der Waals surface area contributed by atoms with E-state index in [1.165, 1.54) is 7.11 Å². The Morgan fingerprint density at radius 1 is 0.870 bits per heavy atom. The summed E-state index contributed by atoms with van der Waals surface area (Å²) < 4.78 is 10.5. The minimum Gasteiger partial charge on any atom is -0.493 e. The van der Waals surface area contributed by atoms with Gasteiger partial charge in [0.15, 0.2) is 23.1 Å². The number of ketones is 2. The maximum Gasteiger partial charge on any atom is 0.163 e. The smallest absolute Gasteiger partial charge is 0.163 e. The lowest BCUT2D eigenvalue weighted by molar-refractivity contribution is 0.0917. The van der Waals surface area contributed by atoms with E-state index in [1.807, 2.05) is 25.1 Å². The van der Waals surface area contributed by atoms with Gasteiger partial charge in [-0.15, -0.1) is 0 Å². The van der Waals surface area contributed by atoms with Crippen LogP contribution in [-0.4, -0.2) is 25.8 Å². The van der Waals surface area contributed by atoms with Gasteiger partial charge in [-0.3, -0.25) is 9.59 Å². The topological polar surface area (TPSA) is 52.6 Å². The van der Waals surface area contributed by atoms with Gasteiger partial charge in [-0.25, -0.2) is 0 Å². The molecule has 0 saturated carbocycles. The number of hydrogen-bond donors (Lipinski definition) is 0. The Balaban J connectivity index is 2.10. The SMILES string of the molecule is COc1cc(C)c(C(=O)CCC(=O)c2ccccc2)cc1OC.